The Bertz CT molecular complexity index is 991. The molecule has 2 heterocycles. The first-order valence-electron chi connectivity index (χ1n) is 9.13. The number of fused-ring (bicyclic) bond motifs is 1. The van der Waals surface area contributed by atoms with Crippen LogP contribution in [0.15, 0.2) is 47.8 Å². The zero-order chi connectivity index (χ0) is 20.1. The number of nitrogens with one attached hydrogen (secondary N) is 1. The van der Waals surface area contributed by atoms with Gasteiger partial charge in [-0.1, -0.05) is 23.7 Å². The largest absolute Gasteiger partial charge is 0.486 e. The normalized spacial score (nSPS) is 12.4. The molecule has 1 aliphatic heterocycles. The van der Waals surface area contributed by atoms with Gasteiger partial charge >= 0.3 is 0 Å². The maximum atomic E-state index is 12.3. The molecule has 1 amide bonds. The number of thiazole rings is 1. The SMILES string of the molecule is O=C(Cc1csc(COc2ccc(Cl)cc2)n1)NCc1cccc2c1OCCO2. The minimum absolute atomic E-state index is 0.102. The van der Waals surface area contributed by atoms with Gasteiger partial charge in [0.15, 0.2) is 11.5 Å². The van der Waals surface area contributed by atoms with Crippen LogP contribution in [0, 0.1) is 0 Å². The molecule has 2 aromatic carbocycles. The number of rotatable bonds is 7. The fourth-order valence-electron chi connectivity index (χ4n) is 2.87. The van der Waals surface area contributed by atoms with Crippen LogP contribution in [0.5, 0.6) is 17.2 Å². The molecule has 0 saturated carbocycles. The Hall–Kier alpha value is -2.77. The zero-order valence-electron chi connectivity index (χ0n) is 15.5. The minimum Gasteiger partial charge on any atom is -0.486 e. The molecule has 0 bridgehead atoms. The third kappa shape index (κ3) is 5.19. The smallest absolute Gasteiger partial charge is 0.226 e. The Balaban J connectivity index is 1.28. The van der Waals surface area contributed by atoms with Crippen LogP contribution in [-0.4, -0.2) is 24.1 Å². The average molecular weight is 431 g/mol. The van der Waals surface area contributed by atoms with Gasteiger partial charge in [-0.25, -0.2) is 4.98 Å². The predicted molar refractivity (Wildman–Crippen MR) is 111 cm³/mol. The molecule has 1 N–H and O–H groups in total. The maximum Gasteiger partial charge on any atom is 0.226 e. The Morgan fingerprint density at radius 3 is 2.86 bits per heavy atom. The quantitative estimate of drug-likeness (QED) is 0.613. The van der Waals surface area contributed by atoms with Gasteiger partial charge in [-0.05, 0) is 30.3 Å². The summed E-state index contributed by atoms with van der Waals surface area (Å²) < 4.78 is 16.9. The molecule has 0 saturated heterocycles. The number of carbonyl (C=O) groups is 1. The molecule has 1 aliphatic rings. The molecule has 29 heavy (non-hydrogen) atoms. The second kappa shape index (κ2) is 9.15. The van der Waals surface area contributed by atoms with Crippen LogP contribution in [0.2, 0.25) is 5.02 Å². The highest BCUT2D eigenvalue weighted by Gasteiger charge is 2.16. The third-order valence-electron chi connectivity index (χ3n) is 4.24. The molecule has 0 fully saturated rings. The van der Waals surface area contributed by atoms with E-state index in [9.17, 15) is 4.79 Å². The van der Waals surface area contributed by atoms with Gasteiger partial charge in [0.25, 0.3) is 0 Å². The first-order chi connectivity index (χ1) is 14.2. The van der Waals surface area contributed by atoms with Gasteiger partial charge in [0, 0.05) is 22.5 Å². The van der Waals surface area contributed by atoms with Gasteiger partial charge in [0.05, 0.1) is 12.1 Å². The summed E-state index contributed by atoms with van der Waals surface area (Å²) in [6.45, 7) is 1.78. The molecular weight excluding hydrogens is 412 g/mol. The van der Waals surface area contributed by atoms with E-state index in [-0.39, 0.29) is 12.3 Å². The highest BCUT2D eigenvalue weighted by Crippen LogP contribution is 2.33. The number of aromatic nitrogens is 1. The van der Waals surface area contributed by atoms with Crippen molar-refractivity contribution in [3.8, 4) is 17.2 Å². The van der Waals surface area contributed by atoms with E-state index in [1.807, 2.05) is 23.6 Å². The van der Waals surface area contributed by atoms with Crippen LogP contribution in [0.3, 0.4) is 0 Å². The van der Waals surface area contributed by atoms with Crippen molar-refractivity contribution in [2.75, 3.05) is 13.2 Å². The van der Waals surface area contributed by atoms with Gasteiger partial charge in [-0.3, -0.25) is 4.79 Å². The Morgan fingerprint density at radius 1 is 1.17 bits per heavy atom. The van der Waals surface area contributed by atoms with Crippen molar-refractivity contribution in [3.63, 3.8) is 0 Å². The molecule has 0 aliphatic carbocycles. The molecular formula is C21H19ClN2O4S. The Morgan fingerprint density at radius 2 is 2.00 bits per heavy atom. The van der Waals surface area contributed by atoms with Gasteiger partial charge < -0.3 is 19.5 Å². The van der Waals surface area contributed by atoms with Crippen LogP contribution in [0.25, 0.3) is 0 Å². The summed E-state index contributed by atoms with van der Waals surface area (Å²) in [6, 6.07) is 12.8. The van der Waals surface area contributed by atoms with Crippen molar-refractivity contribution < 1.29 is 19.0 Å². The monoisotopic (exact) mass is 430 g/mol. The second-order valence-electron chi connectivity index (χ2n) is 6.37. The van der Waals surface area contributed by atoms with Crippen molar-refractivity contribution in [2.24, 2.45) is 0 Å². The van der Waals surface area contributed by atoms with Crippen LogP contribution in [0.4, 0.5) is 0 Å². The summed E-state index contributed by atoms with van der Waals surface area (Å²) in [7, 11) is 0. The number of hydrogen-bond donors (Lipinski definition) is 1. The lowest BCUT2D eigenvalue weighted by molar-refractivity contribution is -0.120. The lowest BCUT2D eigenvalue weighted by atomic mass is 10.1. The van der Waals surface area contributed by atoms with E-state index in [0.29, 0.717) is 42.9 Å². The lowest BCUT2D eigenvalue weighted by Gasteiger charge is -2.21. The number of hydrogen-bond acceptors (Lipinski definition) is 6. The summed E-state index contributed by atoms with van der Waals surface area (Å²) >= 11 is 7.33. The van der Waals surface area contributed by atoms with Crippen molar-refractivity contribution in [2.45, 2.75) is 19.6 Å². The Kier molecular flexibility index (Phi) is 6.17. The first-order valence-corrected chi connectivity index (χ1v) is 10.4. The van der Waals surface area contributed by atoms with E-state index in [4.69, 9.17) is 25.8 Å². The number of nitrogens with zero attached hydrogens (tertiary/aromatic N) is 1. The molecule has 0 atom stereocenters. The fourth-order valence-corrected chi connectivity index (χ4v) is 3.70. The lowest BCUT2D eigenvalue weighted by Crippen LogP contribution is -2.26. The molecule has 0 radical (unpaired) electrons. The van der Waals surface area contributed by atoms with E-state index >= 15 is 0 Å². The van der Waals surface area contributed by atoms with Crippen molar-refractivity contribution in [1.29, 1.82) is 0 Å². The standard InChI is InChI=1S/C21H19ClN2O4S/c22-15-4-6-17(7-5-15)28-12-20-24-16(13-29-20)10-19(25)23-11-14-2-1-3-18-21(14)27-9-8-26-18/h1-7,13H,8-12H2,(H,23,25). The third-order valence-corrected chi connectivity index (χ3v) is 5.36. The number of ether oxygens (including phenoxy) is 3. The van der Waals surface area contributed by atoms with Crippen LogP contribution >= 0.6 is 22.9 Å². The van der Waals surface area contributed by atoms with Gasteiger partial charge in [0.2, 0.25) is 5.91 Å². The van der Waals surface area contributed by atoms with E-state index in [1.165, 1.54) is 11.3 Å². The highest BCUT2D eigenvalue weighted by atomic mass is 35.5. The molecule has 150 valence electrons. The summed E-state index contributed by atoms with van der Waals surface area (Å²) in [6.07, 6.45) is 0.212. The number of benzene rings is 2. The minimum atomic E-state index is -0.102. The van der Waals surface area contributed by atoms with Crippen LogP contribution < -0.4 is 19.5 Å². The van der Waals surface area contributed by atoms with E-state index < -0.39 is 0 Å². The first kappa shape index (κ1) is 19.5. The maximum absolute atomic E-state index is 12.3. The van der Waals surface area contributed by atoms with Crippen LogP contribution in [0.1, 0.15) is 16.3 Å². The van der Waals surface area contributed by atoms with E-state index in [0.717, 1.165) is 22.0 Å². The summed E-state index contributed by atoms with van der Waals surface area (Å²) in [4.78, 5) is 16.8. The molecule has 6 nitrogen and oxygen atoms in total. The number of carbonyl (C=O) groups excluding carboxylic acids is 1. The molecule has 0 unspecified atom stereocenters. The summed E-state index contributed by atoms with van der Waals surface area (Å²) in [5, 5.41) is 6.27. The Labute approximate surface area is 177 Å². The summed E-state index contributed by atoms with van der Waals surface area (Å²) in [5.74, 6) is 2.04. The van der Waals surface area contributed by atoms with Crippen molar-refractivity contribution in [3.05, 3.63) is 69.1 Å². The second-order valence-corrected chi connectivity index (χ2v) is 7.75. The number of amides is 1. The average Bonchev–Trinajstić information content (AvgIpc) is 3.19. The summed E-state index contributed by atoms with van der Waals surface area (Å²) in [5.41, 5.74) is 1.61. The van der Waals surface area contributed by atoms with Gasteiger partial charge in [-0.15, -0.1) is 11.3 Å². The predicted octanol–water partition coefficient (Wildman–Crippen LogP) is 4.01. The topological polar surface area (TPSA) is 69.7 Å². The molecule has 8 heteroatoms. The van der Waals surface area contributed by atoms with Crippen molar-refractivity contribution in [1.82, 2.24) is 10.3 Å². The molecule has 4 rings (SSSR count). The fraction of sp³-hybridized carbons (Fsp3) is 0.238. The van der Waals surface area contributed by atoms with Gasteiger partial charge in [0.1, 0.15) is 30.6 Å². The number of halogens is 1. The molecule has 3 aromatic rings. The van der Waals surface area contributed by atoms with Crippen LogP contribution in [-0.2, 0) is 24.4 Å². The molecule has 0 spiro atoms. The highest BCUT2D eigenvalue weighted by molar-refractivity contribution is 7.09. The van der Waals surface area contributed by atoms with E-state index in [1.54, 1.807) is 24.3 Å². The van der Waals surface area contributed by atoms with E-state index in [2.05, 4.69) is 10.3 Å². The van der Waals surface area contributed by atoms with Crippen molar-refractivity contribution >= 4 is 28.8 Å². The zero-order valence-corrected chi connectivity index (χ0v) is 17.1. The molecule has 1 aromatic heterocycles. The number of para-hydroxylation sites is 1. The van der Waals surface area contributed by atoms with Gasteiger partial charge in [-0.2, -0.15) is 0 Å².